The molecule has 2 saturated heterocycles. The maximum Gasteiger partial charge on any atom is 0.222 e. The first-order valence-electron chi connectivity index (χ1n) is 10.1. The Morgan fingerprint density at radius 2 is 2.00 bits per heavy atom. The van der Waals surface area contributed by atoms with E-state index in [1.54, 1.807) is 0 Å². The van der Waals surface area contributed by atoms with Gasteiger partial charge in [0.1, 0.15) is 0 Å². The van der Waals surface area contributed by atoms with Crippen LogP contribution < -0.4 is 10.6 Å². The van der Waals surface area contributed by atoms with Gasteiger partial charge in [0, 0.05) is 38.6 Å². The number of amides is 1. The van der Waals surface area contributed by atoms with E-state index in [1.807, 2.05) is 4.90 Å². The summed E-state index contributed by atoms with van der Waals surface area (Å²) in [6, 6.07) is 0.491. The van der Waals surface area contributed by atoms with Crippen molar-refractivity contribution >= 4 is 35.8 Å². The van der Waals surface area contributed by atoms with Crippen molar-refractivity contribution in [3.63, 3.8) is 0 Å². The molecule has 1 unspecified atom stereocenters. The Balaban J connectivity index is 0.00000338. The predicted octanol–water partition coefficient (Wildman–Crippen LogP) is 2.29. The summed E-state index contributed by atoms with van der Waals surface area (Å²) in [4.78, 5) is 20.9. The summed E-state index contributed by atoms with van der Waals surface area (Å²) in [6.45, 7) is 13.5. The molecule has 0 spiro atoms. The highest BCUT2D eigenvalue weighted by atomic mass is 127. The van der Waals surface area contributed by atoms with E-state index in [9.17, 15) is 4.79 Å². The Morgan fingerprint density at radius 1 is 1.27 bits per heavy atom. The Hall–Kier alpha value is -0.570. The molecule has 26 heavy (non-hydrogen) atoms. The molecule has 2 fully saturated rings. The van der Waals surface area contributed by atoms with E-state index in [1.165, 1.54) is 25.9 Å². The third kappa shape index (κ3) is 7.98. The molecule has 0 aliphatic carbocycles. The van der Waals surface area contributed by atoms with Crippen molar-refractivity contribution in [2.75, 3.05) is 45.8 Å². The van der Waals surface area contributed by atoms with Crippen molar-refractivity contribution in [1.82, 2.24) is 20.4 Å². The molecule has 2 aliphatic heterocycles. The van der Waals surface area contributed by atoms with Gasteiger partial charge in [0.05, 0.1) is 6.54 Å². The first-order chi connectivity index (χ1) is 12.1. The predicted molar refractivity (Wildman–Crippen MR) is 119 cm³/mol. The smallest absolute Gasteiger partial charge is 0.222 e. The second-order valence-corrected chi connectivity index (χ2v) is 7.55. The lowest BCUT2D eigenvalue weighted by Crippen LogP contribution is -2.43. The number of carbonyl (C=O) groups excluding carboxylic acids is 1. The molecule has 2 N–H and O–H groups in total. The van der Waals surface area contributed by atoms with E-state index in [2.05, 4.69) is 36.3 Å². The zero-order valence-electron chi connectivity index (χ0n) is 16.8. The molecule has 0 aromatic heterocycles. The van der Waals surface area contributed by atoms with Crippen LogP contribution in [0.4, 0.5) is 0 Å². The molecule has 7 heteroatoms. The molecule has 6 nitrogen and oxygen atoms in total. The second-order valence-electron chi connectivity index (χ2n) is 7.55. The molecule has 0 radical (unpaired) electrons. The molecule has 1 atom stereocenters. The minimum atomic E-state index is 0. The number of aliphatic imine (C=N–C) groups is 1. The van der Waals surface area contributed by atoms with Gasteiger partial charge in [0.25, 0.3) is 0 Å². The number of likely N-dealkylation sites (tertiary alicyclic amines) is 2. The van der Waals surface area contributed by atoms with Gasteiger partial charge in [-0.3, -0.25) is 14.7 Å². The normalized spacial score (nSPS) is 20.8. The zero-order valence-corrected chi connectivity index (χ0v) is 19.1. The number of hydrogen-bond donors (Lipinski definition) is 2. The highest BCUT2D eigenvalue weighted by Crippen LogP contribution is 2.18. The summed E-state index contributed by atoms with van der Waals surface area (Å²) in [5.41, 5.74) is 0. The van der Waals surface area contributed by atoms with Crippen LogP contribution in [0.3, 0.4) is 0 Å². The van der Waals surface area contributed by atoms with E-state index in [4.69, 9.17) is 4.99 Å². The van der Waals surface area contributed by atoms with E-state index >= 15 is 0 Å². The average molecular weight is 479 g/mol. The third-order valence-electron chi connectivity index (χ3n) is 5.37. The summed E-state index contributed by atoms with van der Waals surface area (Å²) >= 11 is 0. The average Bonchev–Trinajstić information content (AvgIpc) is 3.01. The third-order valence-corrected chi connectivity index (χ3v) is 5.37. The Bertz CT molecular complexity index is 438. The number of nitrogens with zero attached hydrogens (tertiary/aromatic N) is 3. The number of guanidine groups is 1. The summed E-state index contributed by atoms with van der Waals surface area (Å²) in [5, 5.41) is 6.73. The van der Waals surface area contributed by atoms with Crippen molar-refractivity contribution in [1.29, 1.82) is 0 Å². The molecule has 152 valence electrons. The summed E-state index contributed by atoms with van der Waals surface area (Å²) in [7, 11) is 0. The minimum Gasteiger partial charge on any atom is -0.357 e. The number of piperidine rings is 1. The Kier molecular flexibility index (Phi) is 11.5. The molecular weight excluding hydrogens is 441 g/mol. The van der Waals surface area contributed by atoms with Gasteiger partial charge in [-0.15, -0.1) is 24.0 Å². The lowest BCUT2D eigenvalue weighted by atomic mass is 9.98. The van der Waals surface area contributed by atoms with Gasteiger partial charge in [0.2, 0.25) is 5.91 Å². The molecule has 2 heterocycles. The monoisotopic (exact) mass is 479 g/mol. The summed E-state index contributed by atoms with van der Waals surface area (Å²) in [5.74, 6) is 2.08. The topological polar surface area (TPSA) is 60.0 Å². The molecule has 2 aliphatic rings. The van der Waals surface area contributed by atoms with Gasteiger partial charge in [-0.1, -0.05) is 6.92 Å². The van der Waals surface area contributed by atoms with Gasteiger partial charge in [-0.25, -0.2) is 0 Å². The van der Waals surface area contributed by atoms with Gasteiger partial charge in [-0.2, -0.15) is 0 Å². The zero-order chi connectivity index (χ0) is 18.1. The molecule has 0 aromatic rings. The first-order valence-corrected chi connectivity index (χ1v) is 10.1. The molecule has 0 bridgehead atoms. The van der Waals surface area contributed by atoms with Gasteiger partial charge in [-0.05, 0) is 58.5 Å². The van der Waals surface area contributed by atoms with Crippen molar-refractivity contribution in [2.24, 2.45) is 10.9 Å². The molecular formula is C19H38IN5O. The van der Waals surface area contributed by atoms with Crippen molar-refractivity contribution in [3.05, 3.63) is 0 Å². The van der Waals surface area contributed by atoms with Crippen LogP contribution in [0.15, 0.2) is 4.99 Å². The van der Waals surface area contributed by atoms with Crippen LogP contribution in [0.1, 0.15) is 52.9 Å². The number of hydrogen-bond acceptors (Lipinski definition) is 3. The highest BCUT2D eigenvalue weighted by Gasteiger charge is 2.20. The Labute approximate surface area is 176 Å². The van der Waals surface area contributed by atoms with Crippen LogP contribution in [-0.4, -0.2) is 73.5 Å². The van der Waals surface area contributed by atoms with Crippen molar-refractivity contribution < 1.29 is 4.79 Å². The SMILES string of the molecule is CCNC(=NCC(C)N1CCC(C)CC1)NCCCN1CCCC1=O.I. The second kappa shape index (κ2) is 12.8. The fourth-order valence-corrected chi connectivity index (χ4v) is 3.57. The summed E-state index contributed by atoms with van der Waals surface area (Å²) in [6.07, 6.45) is 5.33. The van der Waals surface area contributed by atoms with E-state index < -0.39 is 0 Å². The largest absolute Gasteiger partial charge is 0.357 e. The lowest BCUT2D eigenvalue weighted by molar-refractivity contribution is -0.127. The van der Waals surface area contributed by atoms with Crippen LogP contribution in [0.5, 0.6) is 0 Å². The Morgan fingerprint density at radius 3 is 2.62 bits per heavy atom. The molecule has 2 rings (SSSR count). The van der Waals surface area contributed by atoms with Crippen molar-refractivity contribution in [3.8, 4) is 0 Å². The van der Waals surface area contributed by atoms with Crippen LogP contribution in [0, 0.1) is 5.92 Å². The summed E-state index contributed by atoms with van der Waals surface area (Å²) < 4.78 is 0. The quantitative estimate of drug-likeness (QED) is 0.243. The maximum atomic E-state index is 11.6. The van der Waals surface area contributed by atoms with Gasteiger partial charge in [0.15, 0.2) is 5.96 Å². The van der Waals surface area contributed by atoms with Crippen LogP contribution >= 0.6 is 24.0 Å². The highest BCUT2D eigenvalue weighted by molar-refractivity contribution is 14.0. The van der Waals surface area contributed by atoms with Gasteiger partial charge < -0.3 is 15.5 Å². The van der Waals surface area contributed by atoms with E-state index in [-0.39, 0.29) is 24.0 Å². The first kappa shape index (κ1) is 23.5. The van der Waals surface area contributed by atoms with Crippen LogP contribution in [0.25, 0.3) is 0 Å². The lowest BCUT2D eigenvalue weighted by Gasteiger charge is -2.34. The number of nitrogens with one attached hydrogen (secondary N) is 2. The van der Waals surface area contributed by atoms with E-state index in [0.29, 0.717) is 11.9 Å². The van der Waals surface area contributed by atoms with Crippen molar-refractivity contribution in [2.45, 2.75) is 58.9 Å². The standard InChI is InChI=1S/C19H37N5O.HI/c1-4-20-19(21-10-6-12-24-11-5-7-18(24)25)22-15-17(3)23-13-8-16(2)9-14-23;/h16-17H,4-15H2,1-3H3,(H2,20,21,22);1H. The molecule has 0 saturated carbocycles. The minimum absolute atomic E-state index is 0. The molecule has 1 amide bonds. The van der Waals surface area contributed by atoms with E-state index in [0.717, 1.165) is 63.9 Å². The number of halogens is 1. The fraction of sp³-hybridized carbons (Fsp3) is 0.895. The number of rotatable bonds is 8. The molecule has 0 aromatic carbocycles. The van der Waals surface area contributed by atoms with Crippen LogP contribution in [-0.2, 0) is 4.79 Å². The fourth-order valence-electron chi connectivity index (χ4n) is 3.57. The van der Waals surface area contributed by atoms with Gasteiger partial charge >= 0.3 is 0 Å². The van der Waals surface area contributed by atoms with Crippen LogP contribution in [0.2, 0.25) is 0 Å². The number of carbonyl (C=O) groups is 1. The maximum absolute atomic E-state index is 11.6.